The number of hydrogen-bond acceptors (Lipinski definition) is 7. The van der Waals surface area contributed by atoms with Crippen LogP contribution in [-0.2, 0) is 30.9 Å². The molecule has 1 aromatic heterocycles. The third kappa shape index (κ3) is 4.61. The molecule has 0 radical (unpaired) electrons. The Hall–Kier alpha value is -3.41. The maximum Gasteiger partial charge on any atom is 0.265 e. The zero-order valence-electron chi connectivity index (χ0n) is 29.6. The SMILES string of the molecule is COc1ccc(C2CCCCC2)c2c1cc1n2CC2=C(C(=O)NS(=O)(=O)C(C)C)C2=C2C=CC[C@@H](C(=O)N3CC45COCC4(CN(C)C5)C3)[C@@H]21. The molecule has 0 spiro atoms. The number of rotatable bonds is 6. The molecule has 1 N–H and O–H groups in total. The van der Waals surface area contributed by atoms with Gasteiger partial charge in [-0.3, -0.25) is 9.59 Å². The van der Waals surface area contributed by atoms with E-state index < -0.39 is 21.2 Å². The molecule has 10 nitrogen and oxygen atoms in total. The number of benzene rings is 1. The molecule has 5 heterocycles. The fraction of sp³-hybridized carbons (Fsp3) is 0.590. The smallest absolute Gasteiger partial charge is 0.265 e. The molecule has 266 valence electrons. The lowest BCUT2D eigenvalue weighted by molar-refractivity contribution is -0.136. The van der Waals surface area contributed by atoms with E-state index in [9.17, 15) is 18.0 Å². The van der Waals surface area contributed by atoms with Crippen molar-refractivity contribution in [1.82, 2.24) is 19.1 Å². The van der Waals surface area contributed by atoms with Crippen molar-refractivity contribution in [2.45, 2.75) is 76.0 Å². The number of carbonyl (C=O) groups is 2. The highest BCUT2D eigenvalue weighted by molar-refractivity contribution is 7.90. The molecule has 2 aromatic rings. The molecule has 2 unspecified atom stereocenters. The van der Waals surface area contributed by atoms with Gasteiger partial charge in [0.15, 0.2) is 0 Å². The van der Waals surface area contributed by atoms with Gasteiger partial charge in [0.25, 0.3) is 5.91 Å². The van der Waals surface area contributed by atoms with Crippen molar-refractivity contribution in [3.8, 4) is 5.75 Å². The zero-order valence-corrected chi connectivity index (χ0v) is 30.4. The molecule has 3 aliphatic carbocycles. The molecular weight excluding hydrogens is 653 g/mol. The molecule has 4 aliphatic heterocycles. The Labute approximate surface area is 294 Å². The van der Waals surface area contributed by atoms with Crippen LogP contribution in [0.25, 0.3) is 10.9 Å². The van der Waals surface area contributed by atoms with Gasteiger partial charge < -0.3 is 23.8 Å². The minimum atomic E-state index is -3.83. The number of carbonyl (C=O) groups excluding carboxylic acids is 2. The number of amides is 2. The summed E-state index contributed by atoms with van der Waals surface area (Å²) >= 11 is 0. The van der Waals surface area contributed by atoms with E-state index >= 15 is 0 Å². The number of ether oxygens (including phenoxy) is 2. The second-order valence-electron chi connectivity index (χ2n) is 16.5. The summed E-state index contributed by atoms with van der Waals surface area (Å²) in [7, 11) is 0.0525. The molecule has 9 rings (SSSR count). The van der Waals surface area contributed by atoms with Crippen LogP contribution in [0.3, 0.4) is 0 Å². The van der Waals surface area contributed by atoms with Crippen LogP contribution >= 0.6 is 0 Å². The van der Waals surface area contributed by atoms with Gasteiger partial charge in [0, 0.05) is 60.6 Å². The highest BCUT2D eigenvalue weighted by Gasteiger charge is 2.66. The molecule has 1 aromatic carbocycles. The number of sulfonamides is 1. The summed E-state index contributed by atoms with van der Waals surface area (Å²) in [5.74, 6) is 0.146. The van der Waals surface area contributed by atoms with Gasteiger partial charge in [-0.1, -0.05) is 37.5 Å². The minimum absolute atomic E-state index is 0.0395. The molecular formula is C39H48N4O6S. The van der Waals surface area contributed by atoms with E-state index in [-0.39, 0.29) is 28.6 Å². The molecule has 1 saturated carbocycles. The number of nitrogens with one attached hydrogen (secondary N) is 1. The van der Waals surface area contributed by atoms with Gasteiger partial charge in [-0.05, 0) is 80.5 Å². The van der Waals surface area contributed by atoms with Gasteiger partial charge in [0.05, 0.1) is 42.6 Å². The third-order valence-corrected chi connectivity index (χ3v) is 14.9. The van der Waals surface area contributed by atoms with Gasteiger partial charge in [-0.2, -0.15) is 0 Å². The quantitative estimate of drug-likeness (QED) is 0.469. The fourth-order valence-corrected chi connectivity index (χ4v) is 11.4. The molecule has 50 heavy (non-hydrogen) atoms. The standard InChI is InChI=1S/C39H48N4O6S/c1-23(2)50(46,47)40-36(44)34-29-16-43-30(15-28-31(48-4)14-13-25(35(28)43)24-9-6-5-7-10-24)32-26(33(29)34)11-8-12-27(32)37(45)42-19-38-17-41(3)18-39(38,20-42)22-49-21-38/h8,11,13-15,23-24,27,32H,5-7,9-10,12,16-22H2,1-4H3,(H,40,44)/t27-,32-,38?,39?/m1/s1. The molecule has 3 saturated heterocycles. The molecule has 4 atom stereocenters. The third-order valence-electron chi connectivity index (χ3n) is 13.2. The summed E-state index contributed by atoms with van der Waals surface area (Å²) in [5.41, 5.74) is 6.47. The molecule has 2 amide bonds. The number of aromatic nitrogens is 1. The van der Waals surface area contributed by atoms with E-state index in [2.05, 4.69) is 56.5 Å². The largest absolute Gasteiger partial charge is 0.496 e. The Bertz CT molecular complexity index is 2010. The number of allylic oxidation sites excluding steroid dienone is 4. The molecule has 4 fully saturated rings. The van der Waals surface area contributed by atoms with E-state index in [1.54, 1.807) is 21.0 Å². The van der Waals surface area contributed by atoms with Crippen molar-refractivity contribution in [3.63, 3.8) is 0 Å². The predicted molar refractivity (Wildman–Crippen MR) is 190 cm³/mol. The topological polar surface area (TPSA) is 110 Å². The van der Waals surface area contributed by atoms with Crippen molar-refractivity contribution < 1.29 is 27.5 Å². The number of hydrogen-bond donors (Lipinski definition) is 1. The Balaban J connectivity index is 1.18. The first-order valence-corrected chi connectivity index (χ1v) is 20.0. The minimum Gasteiger partial charge on any atom is -0.496 e. The fourth-order valence-electron chi connectivity index (χ4n) is 10.8. The van der Waals surface area contributed by atoms with Crippen LogP contribution in [0.4, 0.5) is 0 Å². The van der Waals surface area contributed by atoms with Gasteiger partial charge in [0.2, 0.25) is 15.9 Å². The van der Waals surface area contributed by atoms with E-state index in [4.69, 9.17) is 9.47 Å². The maximum atomic E-state index is 15.0. The van der Waals surface area contributed by atoms with E-state index in [0.29, 0.717) is 50.8 Å². The van der Waals surface area contributed by atoms with Crippen LogP contribution in [0.5, 0.6) is 5.75 Å². The summed E-state index contributed by atoms with van der Waals surface area (Å²) in [5, 5.41) is 0.295. The van der Waals surface area contributed by atoms with E-state index in [0.717, 1.165) is 65.0 Å². The van der Waals surface area contributed by atoms with Crippen molar-refractivity contribution in [3.05, 3.63) is 63.9 Å². The summed E-state index contributed by atoms with van der Waals surface area (Å²) < 4.78 is 42.4. The van der Waals surface area contributed by atoms with Gasteiger partial charge in [-0.25, -0.2) is 13.1 Å². The van der Waals surface area contributed by atoms with E-state index in [1.807, 2.05) is 0 Å². The number of methoxy groups -OCH3 is 1. The number of likely N-dealkylation sites (tertiary alicyclic amines) is 2. The summed E-state index contributed by atoms with van der Waals surface area (Å²) in [6.45, 7) is 8.22. The molecule has 7 aliphatic rings. The lowest BCUT2D eigenvalue weighted by atomic mass is 9.71. The van der Waals surface area contributed by atoms with Crippen molar-refractivity contribution in [2.24, 2.45) is 16.7 Å². The molecule has 11 heteroatoms. The second kappa shape index (κ2) is 11.3. The Morgan fingerprint density at radius 1 is 1.04 bits per heavy atom. The number of nitrogens with zero attached hydrogens (tertiary/aromatic N) is 3. The van der Waals surface area contributed by atoms with Gasteiger partial charge in [0.1, 0.15) is 5.75 Å². The van der Waals surface area contributed by atoms with Gasteiger partial charge in [-0.15, -0.1) is 0 Å². The van der Waals surface area contributed by atoms with Crippen molar-refractivity contribution in [1.29, 1.82) is 0 Å². The van der Waals surface area contributed by atoms with Gasteiger partial charge >= 0.3 is 0 Å². The zero-order chi connectivity index (χ0) is 34.7. The lowest BCUT2D eigenvalue weighted by Gasteiger charge is -2.34. The highest BCUT2D eigenvalue weighted by atomic mass is 32.2. The first-order valence-electron chi connectivity index (χ1n) is 18.4. The van der Waals surface area contributed by atoms with Crippen LogP contribution in [0, 0.1) is 16.7 Å². The predicted octanol–water partition coefficient (Wildman–Crippen LogP) is 4.62. The average Bonchev–Trinajstić information content (AvgIpc) is 3.22. The highest BCUT2D eigenvalue weighted by Crippen LogP contribution is 2.58. The average molecular weight is 701 g/mol. The summed E-state index contributed by atoms with van der Waals surface area (Å²) in [4.78, 5) is 33.2. The Morgan fingerprint density at radius 3 is 2.44 bits per heavy atom. The molecule has 0 bridgehead atoms. The van der Waals surface area contributed by atoms with Crippen LogP contribution < -0.4 is 9.46 Å². The normalized spacial score (nSPS) is 30.7. The van der Waals surface area contributed by atoms with Crippen LogP contribution in [-0.4, -0.2) is 93.4 Å². The van der Waals surface area contributed by atoms with E-state index in [1.165, 1.54) is 24.8 Å². The monoisotopic (exact) mass is 700 g/mol. The lowest BCUT2D eigenvalue weighted by Crippen LogP contribution is -2.43. The Morgan fingerprint density at radius 2 is 1.76 bits per heavy atom. The van der Waals surface area contributed by atoms with Crippen LogP contribution in [0.2, 0.25) is 0 Å². The van der Waals surface area contributed by atoms with Crippen molar-refractivity contribution in [2.75, 3.05) is 53.6 Å². The second-order valence-corrected chi connectivity index (χ2v) is 18.7. The van der Waals surface area contributed by atoms with Crippen molar-refractivity contribution >= 4 is 32.7 Å². The van der Waals surface area contributed by atoms with Crippen LogP contribution in [0.15, 0.2) is 52.6 Å². The summed E-state index contributed by atoms with van der Waals surface area (Å²) in [6.07, 6.45) is 10.7. The first kappa shape index (κ1) is 32.5. The van der Waals surface area contributed by atoms with Crippen LogP contribution in [0.1, 0.15) is 75.5 Å². The number of fused-ring (bicyclic) bond motifs is 6. The first-order chi connectivity index (χ1) is 24.0. The Kier molecular flexibility index (Phi) is 7.34. The maximum absolute atomic E-state index is 15.0. The summed E-state index contributed by atoms with van der Waals surface area (Å²) in [6, 6.07) is 6.55.